The molecule has 0 saturated heterocycles. The fraction of sp³-hybridized carbons (Fsp3) is 0.875. The summed E-state index contributed by atoms with van der Waals surface area (Å²) in [6.07, 6.45) is 0.264. The van der Waals surface area contributed by atoms with Gasteiger partial charge in [0.25, 0.3) is 5.92 Å². The Kier molecular flexibility index (Phi) is 3.44. The Bertz CT molecular complexity index is 152. The third-order valence-corrected chi connectivity index (χ3v) is 1.47. The summed E-state index contributed by atoms with van der Waals surface area (Å²) in [5.41, 5.74) is 0. The highest BCUT2D eigenvalue weighted by atomic mass is 19.3. The number of hydrogen-bond acceptors (Lipinski definition) is 1. The van der Waals surface area contributed by atoms with E-state index in [1.54, 1.807) is 6.07 Å². The van der Waals surface area contributed by atoms with Gasteiger partial charge in [0.2, 0.25) is 0 Å². The molecule has 1 nitrogen and oxygen atoms in total. The molecule has 3 heteroatoms. The van der Waals surface area contributed by atoms with Crippen molar-refractivity contribution in [2.45, 2.75) is 33.1 Å². The first kappa shape index (κ1) is 10.3. The lowest BCUT2D eigenvalue weighted by molar-refractivity contribution is -0.0245. The van der Waals surface area contributed by atoms with Gasteiger partial charge < -0.3 is 0 Å². The van der Waals surface area contributed by atoms with Crippen LogP contribution < -0.4 is 0 Å². The van der Waals surface area contributed by atoms with Crippen LogP contribution in [0, 0.1) is 23.2 Å². The molecule has 0 N–H and O–H groups in total. The van der Waals surface area contributed by atoms with E-state index in [1.165, 1.54) is 0 Å². The van der Waals surface area contributed by atoms with Crippen LogP contribution in [-0.4, -0.2) is 5.92 Å². The van der Waals surface area contributed by atoms with Crippen molar-refractivity contribution in [3.63, 3.8) is 0 Å². The van der Waals surface area contributed by atoms with Crippen molar-refractivity contribution in [1.29, 1.82) is 5.26 Å². The number of nitrogens with zero attached hydrogens (tertiary/aromatic N) is 1. The topological polar surface area (TPSA) is 23.8 Å². The second kappa shape index (κ2) is 3.66. The van der Waals surface area contributed by atoms with Gasteiger partial charge in [-0.3, -0.25) is 0 Å². The first-order valence-corrected chi connectivity index (χ1v) is 3.65. The fourth-order valence-electron chi connectivity index (χ4n) is 0.844. The van der Waals surface area contributed by atoms with E-state index in [2.05, 4.69) is 0 Å². The molecule has 0 saturated carbocycles. The van der Waals surface area contributed by atoms with Crippen LogP contribution in [0.2, 0.25) is 0 Å². The first-order chi connectivity index (χ1) is 4.88. The maximum atomic E-state index is 12.5. The summed E-state index contributed by atoms with van der Waals surface area (Å²) in [5, 5.41) is 8.38. The van der Waals surface area contributed by atoms with Crippen molar-refractivity contribution in [3.05, 3.63) is 0 Å². The van der Waals surface area contributed by atoms with Crippen LogP contribution in [0.1, 0.15) is 27.2 Å². The normalized spacial score (nSPS) is 14.6. The Labute approximate surface area is 66.0 Å². The largest absolute Gasteiger partial charge is 0.260 e. The zero-order valence-electron chi connectivity index (χ0n) is 7.06. The molecule has 0 rings (SSSR count). The Hall–Kier alpha value is -0.650. The highest BCUT2D eigenvalue weighted by Crippen LogP contribution is 2.28. The van der Waals surface area contributed by atoms with Gasteiger partial charge in [0.15, 0.2) is 0 Å². The molecule has 0 bridgehead atoms. The quantitative estimate of drug-likeness (QED) is 0.624. The lowest BCUT2D eigenvalue weighted by Crippen LogP contribution is -2.24. The maximum Gasteiger partial charge on any atom is 0.260 e. The van der Waals surface area contributed by atoms with Crippen LogP contribution in [0.5, 0.6) is 0 Å². The monoisotopic (exact) mass is 161 g/mol. The smallest absolute Gasteiger partial charge is 0.206 e. The molecule has 0 heterocycles. The van der Waals surface area contributed by atoms with E-state index in [0.717, 1.165) is 6.92 Å². The van der Waals surface area contributed by atoms with Gasteiger partial charge in [0.05, 0.1) is 6.07 Å². The van der Waals surface area contributed by atoms with Crippen LogP contribution in [0.25, 0.3) is 0 Å². The van der Waals surface area contributed by atoms with Gasteiger partial charge >= 0.3 is 0 Å². The summed E-state index contributed by atoms with van der Waals surface area (Å²) < 4.78 is 25.0. The van der Waals surface area contributed by atoms with Crippen molar-refractivity contribution in [1.82, 2.24) is 0 Å². The van der Waals surface area contributed by atoms with Crippen LogP contribution in [0.3, 0.4) is 0 Å². The Balaban J connectivity index is 4.11. The van der Waals surface area contributed by atoms with E-state index in [1.807, 2.05) is 13.8 Å². The van der Waals surface area contributed by atoms with Gasteiger partial charge in [0, 0.05) is 6.92 Å². The second-order valence-corrected chi connectivity index (χ2v) is 3.27. The lowest BCUT2D eigenvalue weighted by Gasteiger charge is -2.18. The number of hydrogen-bond donors (Lipinski definition) is 0. The average molecular weight is 161 g/mol. The zero-order valence-corrected chi connectivity index (χ0v) is 7.06. The first-order valence-electron chi connectivity index (χ1n) is 3.65. The fourth-order valence-corrected chi connectivity index (χ4v) is 0.844. The molecule has 0 aliphatic heterocycles. The van der Waals surface area contributed by atoms with Gasteiger partial charge in [-0.25, -0.2) is 8.78 Å². The van der Waals surface area contributed by atoms with E-state index in [4.69, 9.17) is 5.26 Å². The highest BCUT2D eigenvalue weighted by molar-refractivity contribution is 4.91. The van der Waals surface area contributed by atoms with E-state index >= 15 is 0 Å². The molecular formula is C8H13F2N. The average Bonchev–Trinajstić information content (AvgIpc) is 1.79. The number of rotatable bonds is 3. The minimum absolute atomic E-state index is 0.144. The molecule has 11 heavy (non-hydrogen) atoms. The molecule has 0 amide bonds. The van der Waals surface area contributed by atoms with Crippen molar-refractivity contribution in [3.8, 4) is 6.07 Å². The third-order valence-electron chi connectivity index (χ3n) is 1.47. The Morgan fingerprint density at radius 1 is 1.45 bits per heavy atom. The van der Waals surface area contributed by atoms with Crippen LogP contribution in [0.4, 0.5) is 8.78 Å². The molecule has 0 aromatic rings. The molecule has 0 aromatic heterocycles. The maximum absolute atomic E-state index is 12.5. The molecule has 64 valence electrons. The van der Waals surface area contributed by atoms with Crippen molar-refractivity contribution in [2.24, 2.45) is 11.8 Å². The molecule has 1 atom stereocenters. The second-order valence-electron chi connectivity index (χ2n) is 3.27. The molecule has 0 radical (unpaired) electrons. The Morgan fingerprint density at radius 2 is 1.91 bits per heavy atom. The van der Waals surface area contributed by atoms with E-state index < -0.39 is 11.8 Å². The van der Waals surface area contributed by atoms with Gasteiger partial charge in [-0.05, 0) is 12.3 Å². The summed E-state index contributed by atoms with van der Waals surface area (Å²) in [4.78, 5) is 0. The summed E-state index contributed by atoms with van der Waals surface area (Å²) in [6.45, 7) is 4.45. The molecular weight excluding hydrogens is 148 g/mol. The highest BCUT2D eigenvalue weighted by Gasteiger charge is 2.34. The standard InChI is InChI=1S/C8H13F2N/c1-6(2)4-7(5-11)8(3,9)10/h6-7H,4H2,1-3H3. The van der Waals surface area contributed by atoms with Gasteiger partial charge in [-0.1, -0.05) is 13.8 Å². The van der Waals surface area contributed by atoms with Crippen molar-refractivity contribution < 1.29 is 8.78 Å². The van der Waals surface area contributed by atoms with E-state index in [9.17, 15) is 8.78 Å². The SMILES string of the molecule is CC(C)CC(C#N)C(C)(F)F. The minimum Gasteiger partial charge on any atom is -0.206 e. The van der Waals surface area contributed by atoms with Crippen LogP contribution in [-0.2, 0) is 0 Å². The summed E-state index contributed by atoms with van der Waals surface area (Å²) in [5.74, 6) is -3.85. The number of alkyl halides is 2. The predicted octanol–water partition coefficient (Wildman–Crippen LogP) is 2.83. The van der Waals surface area contributed by atoms with Gasteiger partial charge in [-0.2, -0.15) is 5.26 Å². The Morgan fingerprint density at radius 3 is 2.00 bits per heavy atom. The summed E-state index contributed by atoms with van der Waals surface area (Å²) in [6, 6.07) is 1.62. The summed E-state index contributed by atoms with van der Waals surface area (Å²) in [7, 11) is 0. The third kappa shape index (κ3) is 3.92. The zero-order chi connectivity index (χ0) is 9.07. The molecule has 0 aliphatic carbocycles. The van der Waals surface area contributed by atoms with Crippen molar-refractivity contribution in [2.75, 3.05) is 0 Å². The van der Waals surface area contributed by atoms with Crippen LogP contribution >= 0.6 is 0 Å². The van der Waals surface area contributed by atoms with Crippen LogP contribution in [0.15, 0.2) is 0 Å². The lowest BCUT2D eigenvalue weighted by atomic mass is 9.94. The van der Waals surface area contributed by atoms with E-state index in [-0.39, 0.29) is 12.3 Å². The minimum atomic E-state index is -2.86. The number of nitriles is 1. The van der Waals surface area contributed by atoms with Gasteiger partial charge in [-0.15, -0.1) is 0 Å². The predicted molar refractivity (Wildman–Crippen MR) is 39.2 cm³/mol. The molecule has 1 unspecified atom stereocenters. The van der Waals surface area contributed by atoms with Crippen molar-refractivity contribution >= 4 is 0 Å². The molecule has 0 spiro atoms. The van der Waals surface area contributed by atoms with Gasteiger partial charge in [0.1, 0.15) is 5.92 Å². The molecule has 0 fully saturated rings. The molecule has 0 aliphatic rings. The summed E-state index contributed by atoms with van der Waals surface area (Å²) >= 11 is 0. The molecule has 0 aromatic carbocycles. The number of halogens is 2. The van der Waals surface area contributed by atoms with E-state index in [0.29, 0.717) is 0 Å².